The zero-order chi connectivity index (χ0) is 19.8. The van der Waals surface area contributed by atoms with Crippen molar-refractivity contribution in [1.29, 1.82) is 0 Å². The molecule has 1 aromatic carbocycles. The summed E-state index contributed by atoms with van der Waals surface area (Å²) in [4.78, 5) is 28.2. The van der Waals surface area contributed by atoms with Crippen molar-refractivity contribution < 1.29 is 23.1 Å². The maximum absolute atomic E-state index is 13.3. The quantitative estimate of drug-likeness (QED) is 0.710. The van der Waals surface area contributed by atoms with Crippen LogP contribution in [-0.4, -0.2) is 53.7 Å². The van der Waals surface area contributed by atoms with Crippen LogP contribution in [0, 0.1) is 0 Å². The molecule has 2 aliphatic rings. The number of rotatable bonds is 5. The Kier molecular flexibility index (Phi) is 4.49. The summed E-state index contributed by atoms with van der Waals surface area (Å²) >= 11 is 0. The molecule has 9 nitrogen and oxygen atoms in total. The first-order valence-electron chi connectivity index (χ1n) is 8.66. The van der Waals surface area contributed by atoms with Gasteiger partial charge in [-0.25, -0.2) is 23.5 Å². The van der Waals surface area contributed by atoms with E-state index in [0.29, 0.717) is 24.6 Å². The van der Waals surface area contributed by atoms with Gasteiger partial charge in [0.05, 0.1) is 6.54 Å². The summed E-state index contributed by atoms with van der Waals surface area (Å²) in [7, 11) is 0. The Morgan fingerprint density at radius 1 is 1.46 bits per heavy atom. The van der Waals surface area contributed by atoms with Gasteiger partial charge in [0, 0.05) is 36.2 Å². The summed E-state index contributed by atoms with van der Waals surface area (Å²) in [6, 6.07) is 4.02. The molecule has 1 aromatic heterocycles. The van der Waals surface area contributed by atoms with Crippen LogP contribution in [-0.2, 0) is 16.1 Å². The lowest BCUT2D eigenvalue weighted by molar-refractivity contribution is -0.116. The molecule has 0 saturated carbocycles. The molecule has 4 N–H and O–H groups in total. The molecule has 3 heterocycles. The number of fused-ring (bicyclic) bond motifs is 3. The third-order valence-corrected chi connectivity index (χ3v) is 4.60. The number of halogens is 2. The number of anilines is 3. The molecule has 2 amide bonds. The van der Waals surface area contributed by atoms with Crippen LogP contribution in [0.25, 0.3) is 11.4 Å². The number of benzene rings is 1. The zero-order valence-electron chi connectivity index (χ0n) is 14.7. The highest BCUT2D eigenvalue weighted by Crippen LogP contribution is 2.35. The van der Waals surface area contributed by atoms with Gasteiger partial charge in [-0.05, 0) is 18.2 Å². The third-order valence-electron chi connectivity index (χ3n) is 4.60. The third kappa shape index (κ3) is 3.19. The summed E-state index contributed by atoms with van der Waals surface area (Å²) in [6.07, 6.45) is -1.99. The van der Waals surface area contributed by atoms with Gasteiger partial charge in [-0.3, -0.25) is 4.79 Å². The molecule has 1 atom stereocenters. The molecule has 4 rings (SSSR count). The van der Waals surface area contributed by atoms with Crippen molar-refractivity contribution in [3.8, 4) is 11.4 Å². The van der Waals surface area contributed by atoms with Crippen LogP contribution >= 0.6 is 0 Å². The monoisotopic (exact) mass is 392 g/mol. The van der Waals surface area contributed by atoms with Crippen LogP contribution in [0.4, 0.5) is 30.8 Å². The standard InChI is InChI=1S/C17H18F2N6O3/c18-15(19)12-8-28-17(27)25(12)14-7-24-4-3-21-11-5-9(22-6-13(20)26)1-2-10(11)16(24)23-14/h1-2,5,7,12,15,21-22H,3-4,6,8H2,(H2,20,26). The van der Waals surface area contributed by atoms with E-state index < -0.39 is 24.5 Å². The van der Waals surface area contributed by atoms with Crippen molar-refractivity contribution in [1.82, 2.24) is 9.55 Å². The average molecular weight is 392 g/mol. The van der Waals surface area contributed by atoms with Crippen molar-refractivity contribution >= 4 is 29.2 Å². The lowest BCUT2D eigenvalue weighted by Crippen LogP contribution is -2.38. The Bertz CT molecular complexity index is 932. The number of aromatic nitrogens is 2. The zero-order valence-corrected chi connectivity index (χ0v) is 14.7. The molecule has 0 aliphatic carbocycles. The summed E-state index contributed by atoms with van der Waals surface area (Å²) in [6.45, 7) is 0.733. The number of primary amides is 1. The molecule has 1 fully saturated rings. The van der Waals surface area contributed by atoms with Crippen molar-refractivity contribution in [2.45, 2.75) is 19.0 Å². The Morgan fingerprint density at radius 3 is 3.04 bits per heavy atom. The number of carbonyl (C=O) groups is 2. The van der Waals surface area contributed by atoms with Gasteiger partial charge in [0.15, 0.2) is 5.82 Å². The van der Waals surface area contributed by atoms with Crippen LogP contribution in [0.5, 0.6) is 0 Å². The van der Waals surface area contributed by atoms with Gasteiger partial charge in [0.25, 0.3) is 6.43 Å². The molecule has 148 valence electrons. The molecule has 0 spiro atoms. The van der Waals surface area contributed by atoms with E-state index >= 15 is 0 Å². The van der Waals surface area contributed by atoms with E-state index in [-0.39, 0.29) is 19.0 Å². The van der Waals surface area contributed by atoms with Gasteiger partial charge in [-0.1, -0.05) is 0 Å². The minimum absolute atomic E-state index is 0.00362. The fraction of sp³-hybridized carbons (Fsp3) is 0.353. The average Bonchev–Trinajstić information content (AvgIpc) is 3.19. The highest BCUT2D eigenvalue weighted by atomic mass is 19.3. The van der Waals surface area contributed by atoms with Gasteiger partial charge in [-0.2, -0.15) is 0 Å². The second kappa shape index (κ2) is 6.98. The maximum Gasteiger partial charge on any atom is 0.416 e. The number of nitrogens with zero attached hydrogens (tertiary/aromatic N) is 3. The van der Waals surface area contributed by atoms with Gasteiger partial charge < -0.3 is 25.7 Å². The minimum atomic E-state index is -2.74. The van der Waals surface area contributed by atoms with E-state index in [1.165, 1.54) is 0 Å². The minimum Gasteiger partial charge on any atom is -0.447 e. The van der Waals surface area contributed by atoms with Crippen LogP contribution in [0.15, 0.2) is 24.4 Å². The highest BCUT2D eigenvalue weighted by molar-refractivity contribution is 5.90. The molecular formula is C17H18F2N6O3. The van der Waals surface area contributed by atoms with Gasteiger partial charge in [0.1, 0.15) is 18.5 Å². The van der Waals surface area contributed by atoms with E-state index in [0.717, 1.165) is 16.2 Å². The van der Waals surface area contributed by atoms with E-state index in [9.17, 15) is 18.4 Å². The van der Waals surface area contributed by atoms with Gasteiger partial charge in [-0.15, -0.1) is 0 Å². The Morgan fingerprint density at radius 2 is 2.29 bits per heavy atom. The molecule has 0 bridgehead atoms. The first-order chi connectivity index (χ1) is 13.4. The second-order valence-corrected chi connectivity index (χ2v) is 6.47. The largest absolute Gasteiger partial charge is 0.447 e. The lowest BCUT2D eigenvalue weighted by Gasteiger charge is -2.17. The summed E-state index contributed by atoms with van der Waals surface area (Å²) < 4.78 is 33.1. The second-order valence-electron chi connectivity index (χ2n) is 6.47. The van der Waals surface area contributed by atoms with E-state index in [4.69, 9.17) is 10.5 Å². The molecular weight excluding hydrogens is 374 g/mol. The molecule has 28 heavy (non-hydrogen) atoms. The molecule has 0 radical (unpaired) electrons. The van der Waals surface area contributed by atoms with Gasteiger partial charge >= 0.3 is 6.09 Å². The molecule has 2 aromatic rings. The highest BCUT2D eigenvalue weighted by Gasteiger charge is 2.42. The van der Waals surface area contributed by atoms with Crippen LogP contribution in [0.1, 0.15) is 0 Å². The predicted molar refractivity (Wildman–Crippen MR) is 97.5 cm³/mol. The van der Waals surface area contributed by atoms with Crippen LogP contribution in [0.3, 0.4) is 0 Å². The number of alkyl halides is 2. The number of amides is 2. The lowest BCUT2D eigenvalue weighted by atomic mass is 10.1. The number of imidazole rings is 1. The summed E-state index contributed by atoms with van der Waals surface area (Å²) in [5, 5.41) is 6.19. The van der Waals surface area contributed by atoms with Crippen molar-refractivity contribution in [3.63, 3.8) is 0 Å². The van der Waals surface area contributed by atoms with Crippen molar-refractivity contribution in [2.24, 2.45) is 5.73 Å². The number of carbonyl (C=O) groups excluding carboxylic acids is 2. The smallest absolute Gasteiger partial charge is 0.416 e. The van der Waals surface area contributed by atoms with Gasteiger partial charge in [0.2, 0.25) is 5.91 Å². The summed E-state index contributed by atoms with van der Waals surface area (Å²) in [5.74, 6) is 0.199. The Hall–Kier alpha value is -3.37. The fourth-order valence-corrected chi connectivity index (χ4v) is 3.28. The maximum atomic E-state index is 13.3. The first-order valence-corrected chi connectivity index (χ1v) is 8.66. The van der Waals surface area contributed by atoms with E-state index in [1.807, 2.05) is 6.07 Å². The molecule has 2 aliphatic heterocycles. The normalized spacial score (nSPS) is 18.2. The topological polar surface area (TPSA) is 115 Å². The Balaban J connectivity index is 1.68. The molecule has 1 unspecified atom stereocenters. The number of ether oxygens (including phenoxy) is 1. The number of cyclic esters (lactones) is 1. The SMILES string of the molecule is NC(=O)CNc1ccc2c(c1)NCCn1cc(N3C(=O)OCC3C(F)F)nc1-2. The fourth-order valence-electron chi connectivity index (χ4n) is 3.28. The summed E-state index contributed by atoms with van der Waals surface area (Å²) in [5.41, 5.74) is 7.36. The molecule has 11 heteroatoms. The molecule has 1 saturated heterocycles. The van der Waals surface area contributed by atoms with Crippen molar-refractivity contribution in [3.05, 3.63) is 24.4 Å². The van der Waals surface area contributed by atoms with E-state index in [2.05, 4.69) is 15.6 Å². The number of nitrogens with one attached hydrogen (secondary N) is 2. The van der Waals surface area contributed by atoms with Crippen LogP contribution in [0.2, 0.25) is 0 Å². The number of nitrogens with two attached hydrogens (primary N) is 1. The first kappa shape index (κ1) is 18.0. The number of hydrogen-bond acceptors (Lipinski definition) is 6. The number of hydrogen-bond donors (Lipinski definition) is 3. The Labute approximate surface area is 158 Å². The van der Waals surface area contributed by atoms with Crippen molar-refractivity contribution in [2.75, 3.05) is 35.2 Å². The predicted octanol–water partition coefficient (Wildman–Crippen LogP) is 1.46. The van der Waals surface area contributed by atoms with E-state index in [1.54, 1.807) is 22.9 Å². The van der Waals surface area contributed by atoms with Crippen LogP contribution < -0.4 is 21.3 Å².